The lowest BCUT2D eigenvalue weighted by Crippen LogP contribution is -2.47. The molecule has 8 nitrogen and oxygen atoms in total. The molecule has 0 amide bonds. The molecule has 1 heterocycles. The predicted molar refractivity (Wildman–Crippen MR) is 91.9 cm³/mol. The molecule has 0 aliphatic carbocycles. The average Bonchev–Trinajstić information content (AvgIpc) is 2.60. The minimum absolute atomic E-state index is 0.0965. The van der Waals surface area contributed by atoms with Gasteiger partial charge in [0, 0.05) is 19.6 Å². The van der Waals surface area contributed by atoms with Gasteiger partial charge in [0.2, 0.25) is 0 Å². The topological polar surface area (TPSA) is 105 Å². The molecule has 1 atom stereocenters. The molecule has 0 saturated carbocycles. The van der Waals surface area contributed by atoms with Crippen molar-refractivity contribution in [3.05, 3.63) is 24.3 Å². The molecule has 1 aliphatic heterocycles. The van der Waals surface area contributed by atoms with Crippen molar-refractivity contribution in [2.75, 3.05) is 26.7 Å². The van der Waals surface area contributed by atoms with Crippen molar-refractivity contribution in [2.45, 2.75) is 25.9 Å². The van der Waals surface area contributed by atoms with Gasteiger partial charge in [-0.15, -0.1) is 0 Å². The van der Waals surface area contributed by atoms with Crippen LogP contribution < -0.4 is 14.2 Å². The second kappa shape index (κ2) is 8.50. The third kappa shape index (κ3) is 5.32. The number of hydrogen-bond acceptors (Lipinski definition) is 5. The Hall–Kier alpha value is -1.84. The summed E-state index contributed by atoms with van der Waals surface area (Å²) in [6.45, 7) is 2.26. The molecular weight excluding hydrogens is 348 g/mol. The summed E-state index contributed by atoms with van der Waals surface area (Å²) in [5.74, 6) is -0.227. The molecule has 9 heteroatoms. The van der Waals surface area contributed by atoms with Crippen LogP contribution >= 0.6 is 0 Å². The van der Waals surface area contributed by atoms with Gasteiger partial charge in [-0.3, -0.25) is 4.79 Å². The van der Waals surface area contributed by atoms with Crippen molar-refractivity contribution in [1.82, 2.24) is 9.03 Å². The number of carboxylic acids is 1. The third-order valence-corrected chi connectivity index (χ3v) is 5.67. The first-order valence-electron chi connectivity index (χ1n) is 8.10. The Bertz CT molecular complexity index is 686. The summed E-state index contributed by atoms with van der Waals surface area (Å²) in [4.78, 5) is 10.9. The van der Waals surface area contributed by atoms with E-state index in [1.165, 1.54) is 11.4 Å². The van der Waals surface area contributed by atoms with Crippen molar-refractivity contribution in [2.24, 2.45) is 5.92 Å². The number of methoxy groups -OCH3 is 1. The van der Waals surface area contributed by atoms with Crippen LogP contribution in [0, 0.1) is 5.92 Å². The van der Waals surface area contributed by atoms with E-state index < -0.39 is 28.2 Å². The molecule has 0 bridgehead atoms. The van der Waals surface area contributed by atoms with Gasteiger partial charge in [0.05, 0.1) is 13.0 Å². The van der Waals surface area contributed by atoms with Crippen molar-refractivity contribution in [3.63, 3.8) is 0 Å². The lowest BCUT2D eigenvalue weighted by atomic mass is 9.99. The average molecular weight is 372 g/mol. The highest BCUT2D eigenvalue weighted by molar-refractivity contribution is 7.87. The molecule has 2 rings (SSSR count). The molecule has 25 heavy (non-hydrogen) atoms. The van der Waals surface area contributed by atoms with E-state index in [4.69, 9.17) is 14.6 Å². The van der Waals surface area contributed by atoms with Crippen LogP contribution in [0.1, 0.15) is 19.8 Å². The molecule has 1 saturated heterocycles. The second-order valence-corrected chi connectivity index (χ2v) is 7.70. The molecule has 1 fully saturated rings. The Morgan fingerprint density at radius 2 is 1.92 bits per heavy atom. The lowest BCUT2D eigenvalue weighted by Gasteiger charge is -2.29. The number of para-hydroxylation sites is 2. The van der Waals surface area contributed by atoms with E-state index in [2.05, 4.69) is 4.72 Å². The number of hydrogen-bond donors (Lipinski definition) is 2. The van der Waals surface area contributed by atoms with Crippen molar-refractivity contribution in [1.29, 1.82) is 0 Å². The van der Waals surface area contributed by atoms with Gasteiger partial charge in [-0.2, -0.15) is 17.4 Å². The molecule has 0 spiro atoms. The summed E-state index contributed by atoms with van der Waals surface area (Å²) in [5.41, 5.74) is 0. The Morgan fingerprint density at radius 1 is 1.32 bits per heavy atom. The highest BCUT2D eigenvalue weighted by Gasteiger charge is 2.31. The van der Waals surface area contributed by atoms with Crippen LogP contribution in [0.25, 0.3) is 0 Å². The van der Waals surface area contributed by atoms with Crippen LogP contribution in [0.2, 0.25) is 0 Å². The maximum absolute atomic E-state index is 12.3. The highest BCUT2D eigenvalue weighted by atomic mass is 32.2. The number of nitrogens with one attached hydrogen (secondary N) is 1. The minimum Gasteiger partial charge on any atom is -0.493 e. The molecule has 1 aromatic rings. The Kier molecular flexibility index (Phi) is 6.63. The van der Waals surface area contributed by atoms with Crippen molar-refractivity contribution < 1.29 is 27.8 Å². The van der Waals surface area contributed by atoms with E-state index >= 15 is 0 Å². The van der Waals surface area contributed by atoms with Gasteiger partial charge >= 0.3 is 5.97 Å². The summed E-state index contributed by atoms with van der Waals surface area (Å²) < 4.78 is 39.4. The summed E-state index contributed by atoms with van der Waals surface area (Å²) in [7, 11) is -2.12. The SMILES string of the molecule is COc1ccccc1OC(C)CNS(=O)(=O)N1CCC(C(=O)O)CC1. The fraction of sp³-hybridized carbons (Fsp3) is 0.562. The highest BCUT2D eigenvalue weighted by Crippen LogP contribution is 2.26. The maximum atomic E-state index is 12.3. The first kappa shape index (κ1) is 19.5. The molecule has 0 radical (unpaired) electrons. The fourth-order valence-corrected chi connectivity index (χ4v) is 3.95. The van der Waals surface area contributed by atoms with Crippen LogP contribution in [0.4, 0.5) is 0 Å². The standard InChI is InChI=1S/C16H24N2O6S/c1-12(24-15-6-4-3-5-14(15)23-2)11-17-25(21,22)18-9-7-13(8-10-18)16(19)20/h3-6,12-13,17H,7-11H2,1-2H3,(H,19,20). The first-order valence-corrected chi connectivity index (χ1v) is 9.54. The van der Waals surface area contributed by atoms with Crippen LogP contribution in [-0.4, -0.2) is 56.6 Å². The predicted octanol–water partition coefficient (Wildman–Crippen LogP) is 1.09. The Morgan fingerprint density at radius 3 is 2.48 bits per heavy atom. The van der Waals surface area contributed by atoms with E-state index in [0.717, 1.165) is 0 Å². The quantitative estimate of drug-likeness (QED) is 0.708. The van der Waals surface area contributed by atoms with Gasteiger partial charge in [0.25, 0.3) is 10.2 Å². The lowest BCUT2D eigenvalue weighted by molar-refractivity contribution is -0.142. The van der Waals surface area contributed by atoms with Crippen LogP contribution in [-0.2, 0) is 15.0 Å². The number of rotatable bonds is 8. The third-order valence-electron chi connectivity index (χ3n) is 4.09. The van der Waals surface area contributed by atoms with E-state index in [1.54, 1.807) is 25.1 Å². The van der Waals surface area contributed by atoms with Gasteiger partial charge in [0.15, 0.2) is 11.5 Å². The van der Waals surface area contributed by atoms with Gasteiger partial charge in [-0.05, 0) is 31.9 Å². The molecule has 1 unspecified atom stereocenters. The number of nitrogens with zero attached hydrogens (tertiary/aromatic N) is 1. The smallest absolute Gasteiger partial charge is 0.306 e. The van der Waals surface area contributed by atoms with E-state index in [1.807, 2.05) is 6.07 Å². The van der Waals surface area contributed by atoms with Crippen LogP contribution in [0.15, 0.2) is 24.3 Å². The largest absolute Gasteiger partial charge is 0.493 e. The molecule has 0 aromatic heterocycles. The number of carboxylic acid groups (broad SMARTS) is 1. The second-order valence-electron chi connectivity index (χ2n) is 5.94. The van der Waals surface area contributed by atoms with Crippen LogP contribution in [0.3, 0.4) is 0 Å². The minimum atomic E-state index is -3.66. The summed E-state index contributed by atoms with van der Waals surface area (Å²) in [6.07, 6.45) is 0.246. The first-order chi connectivity index (χ1) is 11.8. The normalized spacial score (nSPS) is 17.8. The number of aliphatic carboxylic acids is 1. The monoisotopic (exact) mass is 372 g/mol. The van der Waals surface area contributed by atoms with Crippen LogP contribution in [0.5, 0.6) is 11.5 Å². The summed E-state index contributed by atoms with van der Waals surface area (Å²) >= 11 is 0. The Balaban J connectivity index is 1.86. The molecular formula is C16H24N2O6S. The van der Waals surface area contributed by atoms with Crippen molar-refractivity contribution >= 4 is 16.2 Å². The van der Waals surface area contributed by atoms with Gasteiger partial charge in [-0.1, -0.05) is 12.1 Å². The van der Waals surface area contributed by atoms with E-state index in [9.17, 15) is 13.2 Å². The fourth-order valence-electron chi connectivity index (χ4n) is 2.63. The number of piperidine rings is 1. The number of carbonyl (C=O) groups is 1. The summed E-state index contributed by atoms with van der Waals surface area (Å²) in [5, 5.41) is 8.98. The molecule has 140 valence electrons. The van der Waals surface area contributed by atoms with E-state index in [-0.39, 0.29) is 19.6 Å². The van der Waals surface area contributed by atoms with Crippen molar-refractivity contribution in [3.8, 4) is 11.5 Å². The van der Waals surface area contributed by atoms with Gasteiger partial charge in [-0.25, -0.2) is 0 Å². The maximum Gasteiger partial charge on any atom is 0.306 e. The van der Waals surface area contributed by atoms with Gasteiger partial charge < -0.3 is 14.6 Å². The zero-order valence-electron chi connectivity index (χ0n) is 14.3. The molecule has 2 N–H and O–H groups in total. The zero-order chi connectivity index (χ0) is 18.4. The summed E-state index contributed by atoms with van der Waals surface area (Å²) in [6, 6.07) is 7.14. The molecule has 1 aliphatic rings. The molecule has 1 aromatic carbocycles. The Labute approximate surface area is 147 Å². The number of ether oxygens (including phenoxy) is 2. The van der Waals surface area contributed by atoms with E-state index in [0.29, 0.717) is 24.3 Å². The zero-order valence-corrected chi connectivity index (χ0v) is 15.2. The van der Waals surface area contributed by atoms with Gasteiger partial charge in [0.1, 0.15) is 6.10 Å². The number of benzene rings is 1.